The average molecular weight is 399 g/mol. The monoisotopic (exact) mass is 398 g/mol. The van der Waals surface area contributed by atoms with Gasteiger partial charge in [-0.15, -0.1) is 0 Å². The maximum Gasteiger partial charge on any atom is 0.319 e. The number of amides is 2. The van der Waals surface area contributed by atoms with E-state index in [1.54, 1.807) is 0 Å². The van der Waals surface area contributed by atoms with E-state index in [4.69, 9.17) is 4.74 Å². The molecule has 0 bridgehead atoms. The molecule has 0 spiro atoms. The second-order valence-electron chi connectivity index (χ2n) is 5.85. The molecule has 4 nitrogen and oxygen atoms in total. The molecule has 0 aliphatic heterocycles. The predicted molar refractivity (Wildman–Crippen MR) is 105 cm³/mol. The van der Waals surface area contributed by atoms with Gasteiger partial charge in [0.05, 0.1) is 0 Å². The first-order valence-corrected chi connectivity index (χ1v) is 10.2. The number of aryl methyl sites for hydroxylation is 1. The quantitative estimate of drug-likeness (QED) is 0.357. The summed E-state index contributed by atoms with van der Waals surface area (Å²) >= 11 is 3.45. The van der Waals surface area contributed by atoms with Crippen LogP contribution in [0.2, 0.25) is 0 Å². The molecule has 0 aliphatic carbocycles. The van der Waals surface area contributed by atoms with Crippen molar-refractivity contribution in [3.63, 3.8) is 0 Å². The molecule has 0 aromatic heterocycles. The first-order chi connectivity index (χ1) is 11.8. The molecule has 0 atom stereocenters. The highest BCUT2D eigenvalue weighted by atomic mass is 79.9. The fraction of sp³-hybridized carbons (Fsp3) is 0.632. The maximum absolute atomic E-state index is 11.4. The summed E-state index contributed by atoms with van der Waals surface area (Å²) < 4.78 is 5.67. The third-order valence-corrected chi connectivity index (χ3v) is 4.29. The molecule has 2 amide bonds. The Morgan fingerprint density at radius 3 is 2.33 bits per heavy atom. The third-order valence-electron chi connectivity index (χ3n) is 3.73. The summed E-state index contributed by atoms with van der Waals surface area (Å²) in [6.45, 7) is 4.28. The molecular formula is C19H31BrN2O2. The summed E-state index contributed by atoms with van der Waals surface area (Å²) in [5.41, 5.74) is 2.12. The molecule has 0 saturated heterocycles. The molecule has 0 fully saturated rings. The maximum atomic E-state index is 11.4. The van der Waals surface area contributed by atoms with E-state index in [9.17, 15) is 4.79 Å². The van der Waals surface area contributed by atoms with Crippen molar-refractivity contribution in [1.82, 2.24) is 5.32 Å². The number of anilines is 1. The number of ether oxygens (including phenoxy) is 1. The van der Waals surface area contributed by atoms with Crippen molar-refractivity contribution < 1.29 is 9.53 Å². The minimum Gasteiger partial charge on any atom is -0.381 e. The Morgan fingerprint density at radius 2 is 1.67 bits per heavy atom. The van der Waals surface area contributed by atoms with E-state index in [0.29, 0.717) is 6.54 Å². The Hall–Kier alpha value is -1.07. The Morgan fingerprint density at radius 1 is 1.00 bits per heavy atom. The van der Waals surface area contributed by atoms with Crippen molar-refractivity contribution in [1.29, 1.82) is 0 Å². The number of hydrogen-bond acceptors (Lipinski definition) is 2. The van der Waals surface area contributed by atoms with E-state index >= 15 is 0 Å². The summed E-state index contributed by atoms with van der Waals surface area (Å²) in [4.78, 5) is 11.4. The molecule has 1 rings (SSSR count). The molecule has 0 unspecified atom stereocenters. The number of halogens is 1. The highest BCUT2D eigenvalue weighted by molar-refractivity contribution is 9.09. The summed E-state index contributed by atoms with van der Waals surface area (Å²) in [7, 11) is 0. The molecule has 0 heterocycles. The lowest BCUT2D eigenvalue weighted by atomic mass is 10.1. The Bertz CT molecular complexity index is 437. The van der Waals surface area contributed by atoms with E-state index in [1.807, 2.05) is 19.1 Å². The predicted octanol–water partition coefficient (Wildman–Crippen LogP) is 5.12. The average Bonchev–Trinajstić information content (AvgIpc) is 2.58. The van der Waals surface area contributed by atoms with Gasteiger partial charge in [0.1, 0.15) is 0 Å². The minimum atomic E-state index is -0.158. The second kappa shape index (κ2) is 14.3. The lowest BCUT2D eigenvalue weighted by Gasteiger charge is -2.07. The van der Waals surface area contributed by atoms with E-state index in [1.165, 1.54) is 31.2 Å². The van der Waals surface area contributed by atoms with Crippen molar-refractivity contribution in [2.75, 3.05) is 30.4 Å². The van der Waals surface area contributed by atoms with Gasteiger partial charge in [-0.1, -0.05) is 40.9 Å². The van der Waals surface area contributed by atoms with Gasteiger partial charge in [-0.25, -0.2) is 4.79 Å². The van der Waals surface area contributed by atoms with Gasteiger partial charge >= 0.3 is 6.03 Å². The summed E-state index contributed by atoms with van der Waals surface area (Å²) in [6, 6.07) is 7.90. The van der Waals surface area contributed by atoms with Crippen LogP contribution in [0.1, 0.15) is 51.0 Å². The number of carbonyl (C=O) groups is 1. The number of nitrogens with one attached hydrogen (secondary N) is 2. The number of carbonyl (C=O) groups excluding carboxylic acids is 1. The molecule has 5 heteroatoms. The molecule has 0 saturated carbocycles. The van der Waals surface area contributed by atoms with E-state index in [2.05, 4.69) is 38.7 Å². The van der Waals surface area contributed by atoms with Crippen molar-refractivity contribution in [2.45, 2.75) is 51.9 Å². The van der Waals surface area contributed by atoms with Gasteiger partial charge in [0.25, 0.3) is 0 Å². The zero-order chi connectivity index (χ0) is 17.5. The van der Waals surface area contributed by atoms with Crippen LogP contribution in [-0.4, -0.2) is 31.1 Å². The van der Waals surface area contributed by atoms with E-state index < -0.39 is 0 Å². The molecule has 1 aromatic rings. The van der Waals surface area contributed by atoms with Gasteiger partial charge in [0.15, 0.2) is 0 Å². The number of rotatable bonds is 13. The zero-order valence-electron chi connectivity index (χ0n) is 14.8. The normalized spacial score (nSPS) is 10.6. The largest absolute Gasteiger partial charge is 0.381 e. The summed E-state index contributed by atoms with van der Waals surface area (Å²) in [5.74, 6) is 0. The van der Waals surface area contributed by atoms with Gasteiger partial charge < -0.3 is 15.4 Å². The molecule has 0 radical (unpaired) electrons. The number of alkyl halides is 1. The number of unbranched alkanes of at least 4 members (excludes halogenated alkanes) is 4. The fourth-order valence-electron chi connectivity index (χ4n) is 2.38. The molecule has 2 N–H and O–H groups in total. The van der Waals surface area contributed by atoms with E-state index in [0.717, 1.165) is 43.5 Å². The Kier molecular flexibility index (Phi) is 12.5. The van der Waals surface area contributed by atoms with Crippen molar-refractivity contribution >= 4 is 27.6 Å². The van der Waals surface area contributed by atoms with Crippen LogP contribution in [0, 0.1) is 0 Å². The van der Waals surface area contributed by atoms with Crippen molar-refractivity contribution in [2.24, 2.45) is 0 Å². The standard InChI is InChI=1S/C19H31BrN2O2/c1-2-21-19(23)22-18-12-10-17(11-13-18)9-5-8-16-24-15-7-4-3-6-14-20/h10-13H,2-9,14-16H2,1H3,(H2,21,22,23). The Labute approximate surface area is 154 Å². The number of hydrogen-bond donors (Lipinski definition) is 2. The van der Waals surface area contributed by atoms with Crippen molar-refractivity contribution in [3.05, 3.63) is 29.8 Å². The van der Waals surface area contributed by atoms with Crippen LogP contribution in [0.3, 0.4) is 0 Å². The summed E-state index contributed by atoms with van der Waals surface area (Å²) in [5, 5.41) is 6.63. The number of urea groups is 1. The van der Waals surface area contributed by atoms with Crippen LogP contribution in [0.4, 0.5) is 10.5 Å². The SMILES string of the molecule is CCNC(=O)Nc1ccc(CCCCOCCCCCCBr)cc1. The zero-order valence-corrected chi connectivity index (χ0v) is 16.4. The molecule has 136 valence electrons. The van der Waals surface area contributed by atoms with Gasteiger partial charge in [-0.05, 0) is 56.7 Å². The van der Waals surface area contributed by atoms with Crippen LogP contribution in [-0.2, 0) is 11.2 Å². The van der Waals surface area contributed by atoms with E-state index in [-0.39, 0.29) is 6.03 Å². The van der Waals surface area contributed by atoms with Gasteiger partial charge in [0.2, 0.25) is 0 Å². The number of benzene rings is 1. The lowest BCUT2D eigenvalue weighted by molar-refractivity contribution is 0.126. The first-order valence-electron chi connectivity index (χ1n) is 9.03. The topological polar surface area (TPSA) is 50.4 Å². The van der Waals surface area contributed by atoms with Gasteiger partial charge in [-0.3, -0.25) is 0 Å². The molecule has 24 heavy (non-hydrogen) atoms. The highest BCUT2D eigenvalue weighted by Gasteiger charge is 2.00. The Balaban J connectivity index is 2.04. The van der Waals surface area contributed by atoms with Gasteiger partial charge in [-0.2, -0.15) is 0 Å². The second-order valence-corrected chi connectivity index (χ2v) is 6.65. The molecule has 1 aromatic carbocycles. The molecular weight excluding hydrogens is 368 g/mol. The van der Waals surface area contributed by atoms with Crippen LogP contribution in [0.15, 0.2) is 24.3 Å². The van der Waals surface area contributed by atoms with Crippen LogP contribution in [0.5, 0.6) is 0 Å². The lowest BCUT2D eigenvalue weighted by Crippen LogP contribution is -2.28. The first kappa shape index (κ1) is 21.0. The highest BCUT2D eigenvalue weighted by Crippen LogP contribution is 2.12. The third kappa shape index (κ3) is 10.7. The van der Waals surface area contributed by atoms with Gasteiger partial charge in [0, 0.05) is 30.8 Å². The van der Waals surface area contributed by atoms with Crippen molar-refractivity contribution in [3.8, 4) is 0 Å². The fourth-order valence-corrected chi connectivity index (χ4v) is 2.77. The van der Waals surface area contributed by atoms with Crippen LogP contribution in [0.25, 0.3) is 0 Å². The van der Waals surface area contributed by atoms with Crippen LogP contribution >= 0.6 is 15.9 Å². The molecule has 0 aliphatic rings. The summed E-state index contributed by atoms with van der Waals surface area (Å²) in [6.07, 6.45) is 8.27. The smallest absolute Gasteiger partial charge is 0.319 e. The van der Waals surface area contributed by atoms with Crippen LogP contribution < -0.4 is 10.6 Å². The minimum absolute atomic E-state index is 0.158.